The van der Waals surface area contributed by atoms with Gasteiger partial charge in [0.05, 0.1) is 5.56 Å². The van der Waals surface area contributed by atoms with Crippen LogP contribution in [0.4, 0.5) is 0 Å². The number of rotatable bonds is 3. The van der Waals surface area contributed by atoms with Crippen LogP contribution in [0.2, 0.25) is 0 Å². The number of aromatic nitrogens is 2. The summed E-state index contributed by atoms with van der Waals surface area (Å²) in [6.45, 7) is 0. The number of benzene rings is 1. The Bertz CT molecular complexity index is 555. The summed E-state index contributed by atoms with van der Waals surface area (Å²) in [5, 5.41) is 16.1. The predicted molar refractivity (Wildman–Crippen MR) is 62.0 cm³/mol. The number of hydrogen-bond acceptors (Lipinski definition) is 5. The Kier molecular flexibility index (Phi) is 3.21. The summed E-state index contributed by atoms with van der Waals surface area (Å²) in [5.41, 5.74) is 6.04. The molecule has 0 aliphatic carbocycles. The highest BCUT2D eigenvalue weighted by Crippen LogP contribution is 2.27. The van der Waals surface area contributed by atoms with Crippen molar-refractivity contribution < 1.29 is 14.3 Å². The molecule has 2 aromatic rings. The monoisotopic (exact) mass is 297 g/mol. The van der Waals surface area contributed by atoms with Gasteiger partial charge >= 0.3 is 5.97 Å². The lowest BCUT2D eigenvalue weighted by atomic mass is 10.2. The molecule has 1 heterocycles. The smallest absolute Gasteiger partial charge is 0.330 e. The number of aliphatic carboxylic acids is 1. The number of nitrogens with zero attached hydrogens (tertiary/aromatic N) is 2. The van der Waals surface area contributed by atoms with Crippen molar-refractivity contribution in [1.82, 2.24) is 10.2 Å². The van der Waals surface area contributed by atoms with Crippen molar-refractivity contribution in [2.75, 3.05) is 0 Å². The topological polar surface area (TPSA) is 102 Å². The molecule has 0 saturated heterocycles. The molecule has 2 rings (SSSR count). The first-order valence-corrected chi connectivity index (χ1v) is 5.45. The molecule has 1 aromatic heterocycles. The Balaban J connectivity index is 2.37. The summed E-state index contributed by atoms with van der Waals surface area (Å²) in [6, 6.07) is 5.93. The van der Waals surface area contributed by atoms with Gasteiger partial charge in [-0.15, -0.1) is 10.2 Å². The molecule has 1 atom stereocenters. The van der Waals surface area contributed by atoms with E-state index >= 15 is 0 Å². The van der Waals surface area contributed by atoms with Gasteiger partial charge in [-0.1, -0.05) is 12.1 Å². The lowest BCUT2D eigenvalue weighted by Crippen LogP contribution is -2.20. The zero-order valence-electron chi connectivity index (χ0n) is 8.50. The maximum atomic E-state index is 10.7. The normalized spacial score (nSPS) is 12.4. The van der Waals surface area contributed by atoms with E-state index in [-0.39, 0.29) is 11.8 Å². The van der Waals surface area contributed by atoms with Crippen LogP contribution in [-0.2, 0) is 4.79 Å². The number of carboxylic acids is 1. The average molecular weight is 298 g/mol. The summed E-state index contributed by atoms with van der Waals surface area (Å²) < 4.78 is 5.99. The van der Waals surface area contributed by atoms with E-state index in [1.165, 1.54) is 0 Å². The van der Waals surface area contributed by atoms with Gasteiger partial charge in [-0.05, 0) is 28.1 Å². The van der Waals surface area contributed by atoms with E-state index in [0.29, 0.717) is 5.56 Å². The van der Waals surface area contributed by atoms with Crippen molar-refractivity contribution in [2.45, 2.75) is 6.04 Å². The standard InChI is InChI=1S/C10H8BrN3O3/c11-6-4-2-1-3-5(6)8-13-14-9(17-8)7(12)10(15)16/h1-4,7H,12H2,(H,15,16). The maximum Gasteiger partial charge on any atom is 0.330 e. The Morgan fingerprint density at radius 3 is 2.76 bits per heavy atom. The van der Waals surface area contributed by atoms with E-state index in [0.717, 1.165) is 4.47 Å². The van der Waals surface area contributed by atoms with Crippen molar-refractivity contribution in [3.63, 3.8) is 0 Å². The minimum absolute atomic E-state index is 0.122. The van der Waals surface area contributed by atoms with Gasteiger partial charge in [0.25, 0.3) is 0 Å². The van der Waals surface area contributed by atoms with Crippen LogP contribution in [0.15, 0.2) is 33.2 Å². The number of nitrogens with two attached hydrogens (primary N) is 1. The van der Waals surface area contributed by atoms with Crippen molar-refractivity contribution in [2.24, 2.45) is 5.73 Å². The molecule has 7 heteroatoms. The summed E-state index contributed by atoms with van der Waals surface area (Å²) in [7, 11) is 0. The minimum atomic E-state index is -1.31. The highest BCUT2D eigenvalue weighted by molar-refractivity contribution is 9.10. The molecule has 17 heavy (non-hydrogen) atoms. The first-order valence-electron chi connectivity index (χ1n) is 4.66. The second kappa shape index (κ2) is 4.64. The van der Waals surface area contributed by atoms with E-state index in [2.05, 4.69) is 26.1 Å². The van der Waals surface area contributed by atoms with Gasteiger partial charge in [0.2, 0.25) is 11.8 Å². The van der Waals surface area contributed by atoms with Crippen LogP contribution in [0.25, 0.3) is 11.5 Å². The fourth-order valence-electron chi connectivity index (χ4n) is 1.21. The van der Waals surface area contributed by atoms with Crippen molar-refractivity contribution in [1.29, 1.82) is 0 Å². The predicted octanol–water partition coefficient (Wildman–Crippen LogP) is 1.58. The van der Waals surface area contributed by atoms with Crippen molar-refractivity contribution >= 4 is 21.9 Å². The van der Waals surface area contributed by atoms with E-state index in [1.807, 2.05) is 12.1 Å². The average Bonchev–Trinajstić information content (AvgIpc) is 2.77. The van der Waals surface area contributed by atoms with Gasteiger partial charge in [-0.3, -0.25) is 0 Å². The van der Waals surface area contributed by atoms with E-state index < -0.39 is 12.0 Å². The lowest BCUT2D eigenvalue weighted by Gasteiger charge is -1.99. The molecule has 0 radical (unpaired) electrons. The Morgan fingerprint density at radius 1 is 1.41 bits per heavy atom. The van der Waals surface area contributed by atoms with Gasteiger partial charge in [-0.25, -0.2) is 4.79 Å². The molecule has 3 N–H and O–H groups in total. The molecule has 0 fully saturated rings. The molecule has 0 bridgehead atoms. The molecule has 6 nitrogen and oxygen atoms in total. The van der Waals surface area contributed by atoms with Crippen molar-refractivity contribution in [3.8, 4) is 11.5 Å². The second-order valence-electron chi connectivity index (χ2n) is 3.24. The molecule has 0 amide bonds. The third-order valence-corrected chi connectivity index (χ3v) is 2.77. The van der Waals surface area contributed by atoms with Crippen LogP contribution in [-0.4, -0.2) is 21.3 Å². The minimum Gasteiger partial charge on any atom is -0.480 e. The van der Waals surface area contributed by atoms with Gasteiger partial charge in [0.1, 0.15) is 0 Å². The van der Waals surface area contributed by atoms with Crippen LogP contribution >= 0.6 is 15.9 Å². The van der Waals surface area contributed by atoms with E-state index in [4.69, 9.17) is 15.3 Å². The Labute approximate surface area is 105 Å². The van der Waals surface area contributed by atoms with Gasteiger partial charge < -0.3 is 15.3 Å². The number of carboxylic acid groups (broad SMARTS) is 1. The molecule has 0 saturated carbocycles. The molecule has 0 aliphatic rings. The molecule has 88 valence electrons. The molecular weight excluding hydrogens is 290 g/mol. The van der Waals surface area contributed by atoms with E-state index in [1.54, 1.807) is 12.1 Å². The zero-order valence-corrected chi connectivity index (χ0v) is 10.1. The second-order valence-corrected chi connectivity index (χ2v) is 4.10. The molecule has 0 spiro atoms. The van der Waals surface area contributed by atoms with Crippen LogP contribution in [0.1, 0.15) is 11.9 Å². The summed E-state index contributed by atoms with van der Waals surface area (Å²) in [5.74, 6) is -1.11. The maximum absolute atomic E-state index is 10.7. The van der Waals surface area contributed by atoms with Crippen LogP contribution in [0.3, 0.4) is 0 Å². The van der Waals surface area contributed by atoms with Crippen LogP contribution in [0, 0.1) is 0 Å². The van der Waals surface area contributed by atoms with Gasteiger partial charge in [-0.2, -0.15) is 0 Å². The first-order chi connectivity index (χ1) is 8.09. The lowest BCUT2D eigenvalue weighted by molar-refractivity contribution is -0.139. The summed E-state index contributed by atoms with van der Waals surface area (Å²) >= 11 is 3.33. The number of carbonyl (C=O) groups is 1. The SMILES string of the molecule is NC(C(=O)O)c1nnc(-c2ccccc2Br)o1. The van der Waals surface area contributed by atoms with E-state index in [9.17, 15) is 4.79 Å². The van der Waals surface area contributed by atoms with Gasteiger partial charge in [0.15, 0.2) is 6.04 Å². The van der Waals surface area contributed by atoms with Crippen LogP contribution < -0.4 is 5.73 Å². The third kappa shape index (κ3) is 2.34. The number of halogens is 1. The summed E-state index contributed by atoms with van der Waals surface area (Å²) in [4.78, 5) is 10.7. The largest absolute Gasteiger partial charge is 0.480 e. The molecule has 1 aromatic carbocycles. The summed E-state index contributed by atoms with van der Waals surface area (Å²) in [6.07, 6.45) is 0. The Hall–Kier alpha value is -1.73. The highest BCUT2D eigenvalue weighted by atomic mass is 79.9. The van der Waals surface area contributed by atoms with Gasteiger partial charge in [0, 0.05) is 4.47 Å². The highest BCUT2D eigenvalue weighted by Gasteiger charge is 2.22. The quantitative estimate of drug-likeness (QED) is 0.892. The molecule has 1 unspecified atom stereocenters. The fraction of sp³-hybridized carbons (Fsp3) is 0.100. The fourth-order valence-corrected chi connectivity index (χ4v) is 1.66. The van der Waals surface area contributed by atoms with Crippen LogP contribution in [0.5, 0.6) is 0 Å². The molecule has 0 aliphatic heterocycles. The Morgan fingerprint density at radius 2 is 2.12 bits per heavy atom. The third-order valence-electron chi connectivity index (χ3n) is 2.08. The number of hydrogen-bond donors (Lipinski definition) is 2. The zero-order chi connectivity index (χ0) is 12.4. The molecular formula is C10H8BrN3O3. The first kappa shape index (κ1) is 11.7. The van der Waals surface area contributed by atoms with Crippen molar-refractivity contribution in [3.05, 3.63) is 34.6 Å².